The topological polar surface area (TPSA) is 87.4 Å². The van der Waals surface area contributed by atoms with Crippen LogP contribution in [0.4, 0.5) is 0 Å². The molecule has 168 valence electrons. The summed E-state index contributed by atoms with van der Waals surface area (Å²) < 4.78 is 1.84. The third-order valence-electron chi connectivity index (χ3n) is 4.98. The van der Waals surface area contributed by atoms with Crippen LogP contribution in [0.15, 0.2) is 72.1 Å². The molecule has 0 aliphatic carbocycles. The van der Waals surface area contributed by atoms with Crippen LogP contribution in [0.5, 0.6) is 0 Å². The molecule has 2 aromatic heterocycles. The highest BCUT2D eigenvalue weighted by Crippen LogP contribution is 2.08. The highest BCUT2D eigenvalue weighted by atomic mass is 16.2. The number of nitrogens with zero attached hydrogens (tertiary/aromatic N) is 5. The second-order valence-corrected chi connectivity index (χ2v) is 7.38. The van der Waals surface area contributed by atoms with Crippen molar-refractivity contribution in [3.8, 4) is 5.69 Å². The van der Waals surface area contributed by atoms with Gasteiger partial charge in [0.2, 0.25) is 5.91 Å². The van der Waals surface area contributed by atoms with Crippen LogP contribution in [0, 0.1) is 0 Å². The fourth-order valence-electron chi connectivity index (χ4n) is 3.12. The molecule has 0 saturated heterocycles. The molecule has 0 atom stereocenters. The van der Waals surface area contributed by atoms with Gasteiger partial charge in [0.1, 0.15) is 6.54 Å². The third kappa shape index (κ3) is 7.23. The van der Waals surface area contributed by atoms with Gasteiger partial charge in [0, 0.05) is 57.4 Å². The summed E-state index contributed by atoms with van der Waals surface area (Å²) in [6.07, 6.45) is 7.03. The molecule has 32 heavy (non-hydrogen) atoms. The molecule has 8 heteroatoms. The molecule has 0 spiro atoms. The first-order valence-electron chi connectivity index (χ1n) is 10.9. The molecule has 0 aliphatic heterocycles. The molecule has 3 aromatic rings. The number of aliphatic imine (C=N–C) groups is 1. The summed E-state index contributed by atoms with van der Waals surface area (Å²) >= 11 is 0. The van der Waals surface area contributed by atoms with Gasteiger partial charge in [0.05, 0.1) is 5.69 Å². The molecule has 0 saturated carbocycles. The summed E-state index contributed by atoms with van der Waals surface area (Å²) in [6, 6.07) is 16.0. The summed E-state index contributed by atoms with van der Waals surface area (Å²) in [6.45, 7) is 4.17. The maximum Gasteiger partial charge on any atom is 0.244 e. The number of rotatable bonds is 10. The van der Waals surface area contributed by atoms with Crippen LogP contribution in [0.3, 0.4) is 0 Å². The Morgan fingerprint density at radius 2 is 1.91 bits per heavy atom. The lowest BCUT2D eigenvalue weighted by molar-refractivity contribution is -0.128. The molecular formula is C24H31N7O. The molecule has 8 nitrogen and oxygen atoms in total. The van der Waals surface area contributed by atoms with Crippen LogP contribution in [0.1, 0.15) is 18.2 Å². The minimum Gasteiger partial charge on any atom is -0.357 e. The van der Waals surface area contributed by atoms with E-state index in [1.54, 1.807) is 24.3 Å². The van der Waals surface area contributed by atoms with E-state index in [-0.39, 0.29) is 12.5 Å². The van der Waals surface area contributed by atoms with Crippen molar-refractivity contribution in [3.05, 3.63) is 78.4 Å². The molecule has 1 amide bonds. The van der Waals surface area contributed by atoms with Crippen LogP contribution in [0.2, 0.25) is 0 Å². The SMILES string of the molecule is CCNC(=NCC(=O)N(C)CCc1ccccn1)NCCc1ccc(-n2cccn2)cc1. The molecule has 0 bridgehead atoms. The predicted molar refractivity (Wildman–Crippen MR) is 127 cm³/mol. The van der Waals surface area contributed by atoms with Gasteiger partial charge in [0.15, 0.2) is 5.96 Å². The highest BCUT2D eigenvalue weighted by molar-refractivity contribution is 5.84. The zero-order chi connectivity index (χ0) is 22.6. The van der Waals surface area contributed by atoms with E-state index in [4.69, 9.17) is 0 Å². The Labute approximate surface area is 189 Å². The molecule has 0 radical (unpaired) electrons. The van der Waals surface area contributed by atoms with Crippen molar-refractivity contribution in [2.24, 2.45) is 4.99 Å². The van der Waals surface area contributed by atoms with E-state index in [0.717, 1.165) is 37.3 Å². The monoisotopic (exact) mass is 433 g/mol. The Kier molecular flexibility index (Phi) is 8.80. The van der Waals surface area contributed by atoms with E-state index in [1.807, 2.05) is 42.1 Å². The Balaban J connectivity index is 1.44. The number of carbonyl (C=O) groups excluding carboxylic acids is 1. The van der Waals surface area contributed by atoms with Crippen molar-refractivity contribution in [1.29, 1.82) is 0 Å². The number of likely N-dealkylation sites (N-methyl/N-ethyl adjacent to an activating group) is 1. The first-order chi connectivity index (χ1) is 15.7. The minimum atomic E-state index is -0.0210. The average Bonchev–Trinajstić information content (AvgIpc) is 3.37. The summed E-state index contributed by atoms with van der Waals surface area (Å²) in [5.74, 6) is 0.625. The van der Waals surface area contributed by atoms with Gasteiger partial charge in [0.25, 0.3) is 0 Å². The number of pyridine rings is 1. The van der Waals surface area contributed by atoms with Gasteiger partial charge in [-0.1, -0.05) is 18.2 Å². The normalized spacial score (nSPS) is 11.2. The van der Waals surface area contributed by atoms with Gasteiger partial charge in [-0.25, -0.2) is 9.67 Å². The van der Waals surface area contributed by atoms with Crippen LogP contribution in [-0.2, 0) is 17.6 Å². The molecule has 3 rings (SSSR count). The smallest absolute Gasteiger partial charge is 0.244 e. The lowest BCUT2D eigenvalue weighted by Crippen LogP contribution is -2.39. The second-order valence-electron chi connectivity index (χ2n) is 7.38. The maximum absolute atomic E-state index is 12.4. The van der Waals surface area contributed by atoms with Gasteiger partial charge >= 0.3 is 0 Å². The highest BCUT2D eigenvalue weighted by Gasteiger charge is 2.09. The van der Waals surface area contributed by atoms with E-state index in [1.165, 1.54) is 5.56 Å². The van der Waals surface area contributed by atoms with E-state index in [9.17, 15) is 4.79 Å². The van der Waals surface area contributed by atoms with Crippen LogP contribution in [-0.4, -0.2) is 64.8 Å². The van der Waals surface area contributed by atoms with Crippen molar-refractivity contribution in [2.45, 2.75) is 19.8 Å². The molecule has 2 N–H and O–H groups in total. The van der Waals surface area contributed by atoms with Crippen molar-refractivity contribution in [2.75, 3.05) is 33.2 Å². The number of hydrogen-bond acceptors (Lipinski definition) is 4. The lowest BCUT2D eigenvalue weighted by Gasteiger charge is -2.16. The van der Waals surface area contributed by atoms with E-state index < -0.39 is 0 Å². The molecule has 0 unspecified atom stereocenters. The number of aromatic nitrogens is 3. The molecule has 0 aliphatic rings. The largest absolute Gasteiger partial charge is 0.357 e. The van der Waals surface area contributed by atoms with E-state index >= 15 is 0 Å². The Hall–Kier alpha value is -3.68. The number of hydrogen-bond donors (Lipinski definition) is 2. The fourth-order valence-corrected chi connectivity index (χ4v) is 3.12. The summed E-state index contributed by atoms with van der Waals surface area (Å²) in [4.78, 5) is 22.9. The van der Waals surface area contributed by atoms with Crippen molar-refractivity contribution < 1.29 is 4.79 Å². The van der Waals surface area contributed by atoms with Crippen molar-refractivity contribution in [1.82, 2.24) is 30.3 Å². The van der Waals surface area contributed by atoms with Gasteiger partial charge < -0.3 is 15.5 Å². The summed E-state index contributed by atoms with van der Waals surface area (Å²) in [7, 11) is 1.80. The first-order valence-corrected chi connectivity index (χ1v) is 10.9. The number of nitrogens with one attached hydrogen (secondary N) is 2. The lowest BCUT2D eigenvalue weighted by atomic mass is 10.1. The standard InChI is InChI=1S/C24H31N7O/c1-3-25-24(28-19-23(32)30(2)18-13-21-7-4-5-14-26-21)27-16-12-20-8-10-22(11-9-20)31-17-6-15-29-31/h4-11,14-15,17H,3,12-13,16,18-19H2,1-2H3,(H2,25,27,28). The molecular weight excluding hydrogens is 402 g/mol. The number of guanidine groups is 1. The first kappa shape index (κ1) is 23.0. The predicted octanol–water partition coefficient (Wildman–Crippen LogP) is 2.07. The molecule has 0 fully saturated rings. The van der Waals surface area contributed by atoms with Gasteiger partial charge in [-0.05, 0) is 49.2 Å². The van der Waals surface area contributed by atoms with Crippen molar-refractivity contribution >= 4 is 11.9 Å². The Morgan fingerprint density at radius 3 is 2.59 bits per heavy atom. The fraction of sp³-hybridized carbons (Fsp3) is 0.333. The van der Waals surface area contributed by atoms with E-state index in [0.29, 0.717) is 12.5 Å². The van der Waals surface area contributed by atoms with Gasteiger partial charge in [-0.2, -0.15) is 5.10 Å². The average molecular weight is 434 g/mol. The Morgan fingerprint density at radius 1 is 1.06 bits per heavy atom. The number of carbonyl (C=O) groups is 1. The van der Waals surface area contributed by atoms with Crippen LogP contribution >= 0.6 is 0 Å². The molecule has 1 aromatic carbocycles. The summed E-state index contributed by atoms with van der Waals surface area (Å²) in [5, 5.41) is 10.7. The van der Waals surface area contributed by atoms with Gasteiger partial charge in [-0.3, -0.25) is 9.78 Å². The van der Waals surface area contributed by atoms with Gasteiger partial charge in [-0.15, -0.1) is 0 Å². The Bertz CT molecular complexity index is 969. The number of amides is 1. The second kappa shape index (κ2) is 12.2. The van der Waals surface area contributed by atoms with E-state index in [2.05, 4.69) is 50.0 Å². The number of benzene rings is 1. The zero-order valence-electron chi connectivity index (χ0n) is 18.7. The summed E-state index contributed by atoms with van der Waals surface area (Å²) in [5.41, 5.74) is 3.23. The quantitative estimate of drug-likeness (QED) is 0.378. The van der Waals surface area contributed by atoms with Crippen LogP contribution in [0.25, 0.3) is 5.69 Å². The van der Waals surface area contributed by atoms with Crippen molar-refractivity contribution in [3.63, 3.8) is 0 Å². The third-order valence-corrected chi connectivity index (χ3v) is 4.98. The maximum atomic E-state index is 12.4. The van der Waals surface area contributed by atoms with Crippen LogP contribution < -0.4 is 10.6 Å². The molecule has 2 heterocycles. The minimum absolute atomic E-state index is 0.0210. The zero-order valence-corrected chi connectivity index (χ0v) is 18.7.